The van der Waals surface area contributed by atoms with Crippen LogP contribution in [-0.2, 0) is 14.3 Å². The van der Waals surface area contributed by atoms with E-state index in [0.717, 1.165) is 6.20 Å². The Morgan fingerprint density at radius 3 is 2.35 bits per heavy atom. The van der Waals surface area contributed by atoms with Crippen molar-refractivity contribution in [3.63, 3.8) is 0 Å². The number of hydrogen-bond donors (Lipinski definition) is 3. The van der Waals surface area contributed by atoms with Gasteiger partial charge in [0.15, 0.2) is 5.57 Å². The third-order valence-electron chi connectivity index (χ3n) is 3.09. The number of hydrogen-bond acceptors (Lipinski definition) is 5. The summed E-state index contributed by atoms with van der Waals surface area (Å²) < 4.78 is 5.00. The number of carboxylic acids is 1. The van der Waals surface area contributed by atoms with Crippen molar-refractivity contribution in [2.45, 2.75) is 26.4 Å². The van der Waals surface area contributed by atoms with E-state index < -0.39 is 17.5 Å². The van der Waals surface area contributed by atoms with Crippen molar-refractivity contribution >= 4 is 23.5 Å². The van der Waals surface area contributed by atoms with Crippen LogP contribution < -0.4 is 10.6 Å². The van der Waals surface area contributed by atoms with Crippen LogP contribution in [0.15, 0.2) is 36.0 Å². The highest BCUT2D eigenvalue weighted by atomic mass is 16.5. The second-order valence-electron chi connectivity index (χ2n) is 4.79. The molecule has 1 rings (SSSR count). The SMILES string of the molecule is CCC(C)OC(=O)C(=CNc1ccc(C(=O)NC)cc1)C(=O)O. The molecule has 1 atom stereocenters. The van der Waals surface area contributed by atoms with Gasteiger partial charge >= 0.3 is 11.9 Å². The number of carbonyl (C=O) groups is 3. The van der Waals surface area contributed by atoms with Crippen molar-refractivity contribution in [1.29, 1.82) is 0 Å². The van der Waals surface area contributed by atoms with Gasteiger partial charge in [0, 0.05) is 24.5 Å². The average molecular weight is 320 g/mol. The van der Waals surface area contributed by atoms with Crippen molar-refractivity contribution in [2.24, 2.45) is 0 Å². The zero-order valence-electron chi connectivity index (χ0n) is 13.3. The van der Waals surface area contributed by atoms with Crippen molar-refractivity contribution in [1.82, 2.24) is 5.32 Å². The standard InChI is InChI=1S/C16H20N2O5/c1-4-10(2)23-16(22)13(15(20)21)9-18-12-7-5-11(6-8-12)14(19)17-3/h5-10,18H,4H2,1-3H3,(H,17,19)(H,20,21). The molecule has 1 amide bonds. The number of carbonyl (C=O) groups excluding carboxylic acids is 2. The summed E-state index contributed by atoms with van der Waals surface area (Å²) in [5, 5.41) is 14.3. The Bertz CT molecular complexity index is 607. The third-order valence-corrected chi connectivity index (χ3v) is 3.09. The maximum Gasteiger partial charge on any atom is 0.347 e. The Hall–Kier alpha value is -2.83. The van der Waals surface area contributed by atoms with Gasteiger partial charge in [-0.05, 0) is 37.6 Å². The summed E-state index contributed by atoms with van der Waals surface area (Å²) in [6, 6.07) is 6.35. The number of anilines is 1. The van der Waals surface area contributed by atoms with Crippen LogP contribution in [0.25, 0.3) is 0 Å². The summed E-state index contributed by atoms with van der Waals surface area (Å²) in [4.78, 5) is 34.4. The average Bonchev–Trinajstić information content (AvgIpc) is 2.54. The molecule has 7 heteroatoms. The highest BCUT2D eigenvalue weighted by Crippen LogP contribution is 2.11. The van der Waals surface area contributed by atoms with E-state index in [-0.39, 0.29) is 12.0 Å². The summed E-state index contributed by atoms with van der Waals surface area (Å²) in [7, 11) is 1.53. The minimum atomic E-state index is -1.38. The molecule has 1 aromatic rings. The van der Waals surface area contributed by atoms with Gasteiger partial charge < -0.3 is 20.5 Å². The van der Waals surface area contributed by atoms with Crippen LogP contribution in [0.5, 0.6) is 0 Å². The molecule has 0 spiro atoms. The fraction of sp³-hybridized carbons (Fsp3) is 0.312. The summed E-state index contributed by atoms with van der Waals surface area (Å²) >= 11 is 0. The van der Waals surface area contributed by atoms with Crippen LogP contribution in [-0.4, -0.2) is 36.1 Å². The van der Waals surface area contributed by atoms with Gasteiger partial charge in [-0.3, -0.25) is 4.79 Å². The summed E-state index contributed by atoms with van der Waals surface area (Å²) in [6.07, 6.45) is 1.30. The smallest absolute Gasteiger partial charge is 0.347 e. The zero-order chi connectivity index (χ0) is 17.4. The van der Waals surface area contributed by atoms with Crippen molar-refractivity contribution in [3.05, 3.63) is 41.6 Å². The second-order valence-corrected chi connectivity index (χ2v) is 4.79. The molecular formula is C16H20N2O5. The van der Waals surface area contributed by atoms with E-state index in [0.29, 0.717) is 17.7 Å². The van der Waals surface area contributed by atoms with E-state index in [1.54, 1.807) is 31.2 Å². The van der Waals surface area contributed by atoms with Gasteiger partial charge in [-0.2, -0.15) is 0 Å². The maximum atomic E-state index is 11.8. The normalized spacial score (nSPS) is 12.2. The van der Waals surface area contributed by atoms with Gasteiger partial charge in [-0.15, -0.1) is 0 Å². The lowest BCUT2D eigenvalue weighted by Crippen LogP contribution is -2.21. The number of carboxylic acid groups (broad SMARTS) is 1. The molecule has 0 saturated carbocycles. The molecule has 7 nitrogen and oxygen atoms in total. The lowest BCUT2D eigenvalue weighted by atomic mass is 10.2. The lowest BCUT2D eigenvalue weighted by molar-refractivity contribution is -0.147. The van der Waals surface area contributed by atoms with Gasteiger partial charge in [0.05, 0.1) is 6.10 Å². The molecule has 0 aliphatic heterocycles. The van der Waals surface area contributed by atoms with Gasteiger partial charge in [0.2, 0.25) is 0 Å². The van der Waals surface area contributed by atoms with E-state index in [2.05, 4.69) is 10.6 Å². The van der Waals surface area contributed by atoms with E-state index in [1.807, 2.05) is 6.92 Å². The van der Waals surface area contributed by atoms with Crippen LogP contribution in [0.1, 0.15) is 30.6 Å². The molecule has 0 saturated heterocycles. The molecule has 3 N–H and O–H groups in total. The maximum absolute atomic E-state index is 11.8. The zero-order valence-corrected chi connectivity index (χ0v) is 13.3. The van der Waals surface area contributed by atoms with E-state index >= 15 is 0 Å². The minimum Gasteiger partial charge on any atom is -0.477 e. The second kappa shape index (κ2) is 8.57. The number of nitrogens with one attached hydrogen (secondary N) is 2. The molecule has 0 radical (unpaired) electrons. The van der Waals surface area contributed by atoms with Gasteiger partial charge in [-0.1, -0.05) is 6.92 Å². The number of rotatable bonds is 7. The van der Waals surface area contributed by atoms with E-state index in [9.17, 15) is 14.4 Å². The van der Waals surface area contributed by atoms with Gasteiger partial charge in [0.1, 0.15) is 0 Å². The lowest BCUT2D eigenvalue weighted by Gasteiger charge is -2.11. The minimum absolute atomic E-state index is 0.226. The third kappa shape index (κ3) is 5.46. The van der Waals surface area contributed by atoms with E-state index in [1.165, 1.54) is 7.05 Å². The number of benzene rings is 1. The monoisotopic (exact) mass is 320 g/mol. The number of aliphatic carboxylic acids is 1. The van der Waals surface area contributed by atoms with Gasteiger partial charge in [0.25, 0.3) is 5.91 Å². The first-order chi connectivity index (χ1) is 10.9. The number of esters is 1. The van der Waals surface area contributed by atoms with Crippen molar-refractivity contribution < 1.29 is 24.2 Å². The molecule has 0 aliphatic carbocycles. The Labute approximate surface area is 134 Å². The number of amides is 1. The molecule has 0 bridgehead atoms. The molecule has 124 valence electrons. The first kappa shape index (κ1) is 18.2. The Morgan fingerprint density at radius 1 is 1.26 bits per heavy atom. The van der Waals surface area contributed by atoms with Crippen LogP contribution in [0, 0.1) is 0 Å². The molecule has 23 heavy (non-hydrogen) atoms. The van der Waals surface area contributed by atoms with Crippen molar-refractivity contribution in [2.75, 3.05) is 12.4 Å². The Kier molecular flexibility index (Phi) is 6.79. The molecule has 0 fully saturated rings. The molecule has 1 aromatic carbocycles. The fourth-order valence-corrected chi connectivity index (χ4v) is 1.56. The molecule has 0 aromatic heterocycles. The van der Waals surface area contributed by atoms with Crippen LogP contribution in [0.2, 0.25) is 0 Å². The summed E-state index contributed by atoms with van der Waals surface area (Å²) in [6.45, 7) is 3.51. The molecule has 0 aliphatic rings. The molecule has 0 heterocycles. The summed E-state index contributed by atoms with van der Waals surface area (Å²) in [5.74, 6) is -2.51. The first-order valence-electron chi connectivity index (χ1n) is 7.12. The van der Waals surface area contributed by atoms with Crippen LogP contribution in [0.4, 0.5) is 5.69 Å². The van der Waals surface area contributed by atoms with Gasteiger partial charge in [-0.25, -0.2) is 9.59 Å². The molecule has 1 unspecified atom stereocenters. The number of ether oxygens (including phenoxy) is 1. The van der Waals surface area contributed by atoms with Crippen LogP contribution >= 0.6 is 0 Å². The van der Waals surface area contributed by atoms with Crippen LogP contribution in [0.3, 0.4) is 0 Å². The van der Waals surface area contributed by atoms with Crippen molar-refractivity contribution in [3.8, 4) is 0 Å². The first-order valence-corrected chi connectivity index (χ1v) is 7.12. The Morgan fingerprint density at radius 2 is 1.87 bits per heavy atom. The molecular weight excluding hydrogens is 300 g/mol. The predicted molar refractivity (Wildman–Crippen MR) is 85.0 cm³/mol. The highest BCUT2D eigenvalue weighted by molar-refractivity contribution is 6.13. The summed E-state index contributed by atoms with van der Waals surface area (Å²) in [5.41, 5.74) is 0.505. The van der Waals surface area contributed by atoms with E-state index in [4.69, 9.17) is 9.84 Å². The Balaban J connectivity index is 2.83. The quantitative estimate of drug-likeness (QED) is 0.306. The highest BCUT2D eigenvalue weighted by Gasteiger charge is 2.20. The fourth-order valence-electron chi connectivity index (χ4n) is 1.56. The topological polar surface area (TPSA) is 105 Å². The predicted octanol–water partition coefficient (Wildman–Crippen LogP) is 1.77. The largest absolute Gasteiger partial charge is 0.477 e.